The molecule has 0 radical (unpaired) electrons. The molecule has 1 aromatic heterocycles. The number of hydrogen-bond donors (Lipinski definition) is 0. The molecule has 0 atom stereocenters. The van der Waals surface area contributed by atoms with Gasteiger partial charge in [0.05, 0.1) is 17.7 Å². The number of Topliss-reactive ketones (excluding diaryl/α,β-unsaturated/α-hetero) is 2. The second kappa shape index (κ2) is 8.71. The Bertz CT molecular complexity index is 1140. The maximum absolute atomic E-state index is 12.4. The fraction of sp³-hybridized carbons (Fsp3) is 0.261. The van der Waals surface area contributed by atoms with Crippen LogP contribution in [-0.2, 0) is 9.53 Å². The van der Waals surface area contributed by atoms with Gasteiger partial charge in [0.2, 0.25) is 0 Å². The number of carbonyl (C=O) groups is 3. The fourth-order valence-corrected chi connectivity index (χ4v) is 3.67. The molecular weight excluding hydrogens is 406 g/mol. The van der Waals surface area contributed by atoms with Crippen LogP contribution in [0.1, 0.15) is 47.2 Å². The average molecular weight is 428 g/mol. The van der Waals surface area contributed by atoms with Crippen LogP contribution in [0, 0.1) is 6.92 Å². The summed E-state index contributed by atoms with van der Waals surface area (Å²) in [6, 6.07) is 10.5. The molecular formula is C23H22ClNO5. The summed E-state index contributed by atoms with van der Waals surface area (Å²) in [5, 5.41) is 1.23. The highest BCUT2D eigenvalue weighted by Crippen LogP contribution is 2.35. The van der Waals surface area contributed by atoms with Crippen molar-refractivity contribution in [1.82, 2.24) is 4.57 Å². The Labute approximate surface area is 179 Å². The molecule has 7 heteroatoms. The maximum Gasteiger partial charge on any atom is 0.344 e. The minimum absolute atomic E-state index is 0.114. The van der Waals surface area contributed by atoms with E-state index in [1.165, 1.54) is 13.8 Å². The Balaban J connectivity index is 2.24. The summed E-state index contributed by atoms with van der Waals surface area (Å²) < 4.78 is 12.4. The van der Waals surface area contributed by atoms with E-state index in [0.717, 1.165) is 11.4 Å². The number of rotatable bonds is 7. The Kier molecular flexibility index (Phi) is 6.27. The number of esters is 1. The highest BCUT2D eigenvalue weighted by atomic mass is 35.5. The van der Waals surface area contributed by atoms with Crippen molar-refractivity contribution in [3.8, 4) is 11.4 Å². The summed E-state index contributed by atoms with van der Waals surface area (Å²) in [7, 11) is 0. The molecule has 0 unspecified atom stereocenters. The number of halogens is 1. The average Bonchev–Trinajstić information content (AvgIpc) is 2.97. The molecule has 3 aromatic rings. The first-order valence-electron chi connectivity index (χ1n) is 9.49. The van der Waals surface area contributed by atoms with Crippen LogP contribution in [0.15, 0.2) is 36.4 Å². The van der Waals surface area contributed by atoms with E-state index in [-0.39, 0.29) is 30.5 Å². The minimum atomic E-state index is -0.534. The molecule has 0 aliphatic rings. The van der Waals surface area contributed by atoms with Crippen LogP contribution >= 0.6 is 11.6 Å². The minimum Gasteiger partial charge on any atom is -0.481 e. The van der Waals surface area contributed by atoms with Crippen LogP contribution in [0.3, 0.4) is 0 Å². The molecule has 2 aromatic carbocycles. The van der Waals surface area contributed by atoms with E-state index in [0.29, 0.717) is 27.1 Å². The lowest BCUT2D eigenvalue weighted by Gasteiger charge is -2.12. The van der Waals surface area contributed by atoms with Gasteiger partial charge in [-0.2, -0.15) is 0 Å². The van der Waals surface area contributed by atoms with Crippen LogP contribution in [0.4, 0.5) is 0 Å². The Morgan fingerprint density at radius 2 is 1.70 bits per heavy atom. The largest absolute Gasteiger partial charge is 0.481 e. The Hall–Kier alpha value is -3.12. The highest BCUT2D eigenvalue weighted by Gasteiger charge is 2.22. The number of nitrogens with zero attached hydrogens (tertiary/aromatic N) is 1. The van der Waals surface area contributed by atoms with Gasteiger partial charge in [0.15, 0.2) is 18.2 Å². The molecule has 6 nitrogen and oxygen atoms in total. The molecule has 0 aliphatic heterocycles. The normalized spacial score (nSPS) is 10.8. The highest BCUT2D eigenvalue weighted by molar-refractivity contribution is 6.30. The third-order valence-electron chi connectivity index (χ3n) is 4.77. The number of benzene rings is 2. The van der Waals surface area contributed by atoms with Gasteiger partial charge < -0.3 is 14.0 Å². The molecule has 0 amide bonds. The fourth-order valence-electron chi connectivity index (χ4n) is 3.54. The van der Waals surface area contributed by atoms with Crippen molar-refractivity contribution < 1.29 is 23.9 Å². The third kappa shape index (κ3) is 4.09. The van der Waals surface area contributed by atoms with Gasteiger partial charge in [0.25, 0.3) is 0 Å². The van der Waals surface area contributed by atoms with Crippen molar-refractivity contribution >= 4 is 40.0 Å². The third-order valence-corrected chi connectivity index (χ3v) is 5.02. The summed E-state index contributed by atoms with van der Waals surface area (Å²) in [6.07, 6.45) is 0. The molecule has 0 N–H and O–H groups in total. The van der Waals surface area contributed by atoms with E-state index in [4.69, 9.17) is 21.1 Å². The Morgan fingerprint density at radius 3 is 2.27 bits per heavy atom. The topological polar surface area (TPSA) is 74.6 Å². The van der Waals surface area contributed by atoms with Gasteiger partial charge >= 0.3 is 5.97 Å². The van der Waals surface area contributed by atoms with Crippen LogP contribution in [0.2, 0.25) is 5.02 Å². The number of fused-ring (bicyclic) bond motifs is 1. The van der Waals surface area contributed by atoms with Crippen LogP contribution in [-0.4, -0.2) is 35.3 Å². The lowest BCUT2D eigenvalue weighted by atomic mass is 10.0. The molecule has 0 bridgehead atoms. The van der Waals surface area contributed by atoms with Gasteiger partial charge in [-0.1, -0.05) is 11.6 Å². The molecule has 3 rings (SSSR count). The van der Waals surface area contributed by atoms with E-state index >= 15 is 0 Å². The van der Waals surface area contributed by atoms with Gasteiger partial charge in [0, 0.05) is 27.4 Å². The summed E-state index contributed by atoms with van der Waals surface area (Å²) in [4.78, 5) is 36.5. The van der Waals surface area contributed by atoms with E-state index in [1.807, 2.05) is 23.6 Å². The zero-order valence-corrected chi connectivity index (χ0v) is 18.0. The van der Waals surface area contributed by atoms with Crippen LogP contribution in [0.5, 0.6) is 5.75 Å². The molecule has 0 saturated heterocycles. The van der Waals surface area contributed by atoms with Gasteiger partial charge in [-0.15, -0.1) is 0 Å². The van der Waals surface area contributed by atoms with Gasteiger partial charge in [-0.25, -0.2) is 4.79 Å². The lowest BCUT2D eigenvalue weighted by molar-refractivity contribution is -0.145. The first kappa shape index (κ1) is 21.6. The smallest absolute Gasteiger partial charge is 0.344 e. The number of aromatic nitrogens is 1. The monoisotopic (exact) mass is 427 g/mol. The van der Waals surface area contributed by atoms with Gasteiger partial charge in [-0.05, 0) is 64.1 Å². The maximum atomic E-state index is 12.4. The van der Waals surface area contributed by atoms with Crippen molar-refractivity contribution in [2.75, 3.05) is 13.2 Å². The van der Waals surface area contributed by atoms with Crippen molar-refractivity contribution in [3.05, 3.63) is 58.2 Å². The van der Waals surface area contributed by atoms with E-state index in [1.54, 1.807) is 31.2 Å². The SMILES string of the molecule is CCOC(=O)COc1cc2c(C(C)=O)c(C)n(-c3ccc(Cl)cc3)c2cc1C(C)=O. The van der Waals surface area contributed by atoms with Gasteiger partial charge in [-0.3, -0.25) is 9.59 Å². The molecule has 30 heavy (non-hydrogen) atoms. The van der Waals surface area contributed by atoms with E-state index in [9.17, 15) is 14.4 Å². The first-order valence-corrected chi connectivity index (χ1v) is 9.87. The second-order valence-electron chi connectivity index (χ2n) is 6.84. The van der Waals surface area contributed by atoms with Crippen LogP contribution < -0.4 is 4.74 Å². The quantitative estimate of drug-likeness (QED) is 0.394. The molecule has 0 aliphatic carbocycles. The summed E-state index contributed by atoms with van der Waals surface area (Å²) in [5.74, 6) is -0.633. The molecule has 0 saturated carbocycles. The summed E-state index contributed by atoms with van der Waals surface area (Å²) in [5.41, 5.74) is 3.07. The van der Waals surface area contributed by atoms with Crippen molar-refractivity contribution in [3.63, 3.8) is 0 Å². The molecule has 0 fully saturated rings. The summed E-state index contributed by atoms with van der Waals surface area (Å²) >= 11 is 6.02. The predicted octanol–water partition coefficient (Wildman–Crippen LogP) is 4.94. The van der Waals surface area contributed by atoms with Crippen LogP contribution in [0.25, 0.3) is 16.6 Å². The zero-order chi connectivity index (χ0) is 22.0. The number of ketones is 2. The molecule has 1 heterocycles. The first-order chi connectivity index (χ1) is 14.2. The second-order valence-corrected chi connectivity index (χ2v) is 7.28. The number of carbonyl (C=O) groups excluding carboxylic acids is 3. The zero-order valence-electron chi connectivity index (χ0n) is 17.2. The lowest BCUT2D eigenvalue weighted by Crippen LogP contribution is -2.15. The number of ether oxygens (including phenoxy) is 2. The van der Waals surface area contributed by atoms with Crippen molar-refractivity contribution in [1.29, 1.82) is 0 Å². The van der Waals surface area contributed by atoms with E-state index in [2.05, 4.69) is 0 Å². The standard InChI is InChI=1S/C23H22ClNO5/c1-5-29-22(28)12-30-21-11-19-20(10-18(21)14(3)26)25(13(2)23(19)15(4)27)17-8-6-16(24)7-9-17/h6-11H,5,12H2,1-4H3. The van der Waals surface area contributed by atoms with Gasteiger partial charge in [0.1, 0.15) is 5.75 Å². The molecule has 156 valence electrons. The predicted molar refractivity (Wildman–Crippen MR) is 115 cm³/mol. The summed E-state index contributed by atoms with van der Waals surface area (Å²) in [6.45, 7) is 6.37. The Morgan fingerprint density at radius 1 is 1.03 bits per heavy atom. The van der Waals surface area contributed by atoms with Crippen molar-refractivity contribution in [2.45, 2.75) is 27.7 Å². The van der Waals surface area contributed by atoms with E-state index < -0.39 is 5.97 Å². The van der Waals surface area contributed by atoms with Crippen molar-refractivity contribution in [2.24, 2.45) is 0 Å². The number of hydrogen-bond acceptors (Lipinski definition) is 5. The molecule has 0 spiro atoms.